The molecule has 0 saturated carbocycles. The van der Waals surface area contributed by atoms with Gasteiger partial charge in [0.15, 0.2) is 0 Å². The van der Waals surface area contributed by atoms with Gasteiger partial charge in [0.05, 0.1) is 11.0 Å². The maximum atomic E-state index is 12.3. The van der Waals surface area contributed by atoms with Crippen LogP contribution in [0.1, 0.15) is 18.4 Å². The Labute approximate surface area is 149 Å². The zero-order valence-corrected chi connectivity index (χ0v) is 14.3. The number of phenols is 1. The first-order valence-corrected chi connectivity index (χ1v) is 8.77. The SMILES string of the molecule is O=C(CN1C(=O)S/C(=C\c2ccc(O)cc2)C1=O)NC[C@@H]1CCCO1. The highest BCUT2D eigenvalue weighted by Crippen LogP contribution is 2.32. The van der Waals surface area contributed by atoms with Crippen molar-refractivity contribution in [2.45, 2.75) is 18.9 Å². The Morgan fingerprint density at radius 2 is 2.12 bits per heavy atom. The highest BCUT2D eigenvalue weighted by Gasteiger charge is 2.36. The van der Waals surface area contributed by atoms with Crippen molar-refractivity contribution in [1.82, 2.24) is 10.2 Å². The summed E-state index contributed by atoms with van der Waals surface area (Å²) in [5.41, 5.74) is 0.686. The molecule has 0 unspecified atom stereocenters. The van der Waals surface area contributed by atoms with Gasteiger partial charge in [-0.05, 0) is 48.4 Å². The predicted molar refractivity (Wildman–Crippen MR) is 92.8 cm³/mol. The van der Waals surface area contributed by atoms with Crippen molar-refractivity contribution in [2.75, 3.05) is 19.7 Å². The third-order valence-corrected chi connectivity index (χ3v) is 4.82. The Morgan fingerprint density at radius 3 is 2.80 bits per heavy atom. The summed E-state index contributed by atoms with van der Waals surface area (Å²) < 4.78 is 5.41. The highest BCUT2D eigenvalue weighted by molar-refractivity contribution is 8.18. The molecule has 2 fully saturated rings. The second-order valence-corrected chi connectivity index (χ2v) is 6.79. The molecule has 0 aliphatic carbocycles. The zero-order chi connectivity index (χ0) is 17.8. The summed E-state index contributed by atoms with van der Waals surface area (Å²) in [6, 6.07) is 6.26. The molecule has 25 heavy (non-hydrogen) atoms. The minimum atomic E-state index is -0.490. The van der Waals surface area contributed by atoms with Crippen LogP contribution in [0.4, 0.5) is 4.79 Å². The molecular weight excluding hydrogens is 344 g/mol. The monoisotopic (exact) mass is 362 g/mol. The van der Waals surface area contributed by atoms with E-state index in [1.54, 1.807) is 18.2 Å². The van der Waals surface area contributed by atoms with Crippen LogP contribution < -0.4 is 5.32 Å². The molecule has 1 atom stereocenters. The molecule has 2 N–H and O–H groups in total. The number of nitrogens with zero attached hydrogens (tertiary/aromatic N) is 1. The number of thioether (sulfide) groups is 1. The van der Waals surface area contributed by atoms with E-state index in [9.17, 15) is 19.5 Å². The average Bonchev–Trinajstić information content (AvgIpc) is 3.19. The van der Waals surface area contributed by atoms with Gasteiger partial charge in [0, 0.05) is 13.2 Å². The van der Waals surface area contributed by atoms with Crippen LogP contribution in [0.3, 0.4) is 0 Å². The lowest BCUT2D eigenvalue weighted by atomic mass is 10.2. The van der Waals surface area contributed by atoms with E-state index in [0.29, 0.717) is 18.7 Å². The molecule has 2 aliphatic rings. The van der Waals surface area contributed by atoms with Crippen LogP contribution >= 0.6 is 11.8 Å². The number of ether oxygens (including phenoxy) is 1. The van der Waals surface area contributed by atoms with Crippen LogP contribution in [0, 0.1) is 0 Å². The molecule has 3 amide bonds. The number of carbonyl (C=O) groups excluding carboxylic acids is 3. The van der Waals surface area contributed by atoms with Gasteiger partial charge >= 0.3 is 0 Å². The fraction of sp³-hybridized carbons (Fsp3) is 0.353. The topological polar surface area (TPSA) is 95.9 Å². The van der Waals surface area contributed by atoms with E-state index in [2.05, 4.69) is 5.32 Å². The lowest BCUT2D eigenvalue weighted by molar-refractivity contribution is -0.129. The van der Waals surface area contributed by atoms with Crippen molar-refractivity contribution >= 4 is 34.9 Å². The summed E-state index contributed by atoms with van der Waals surface area (Å²) in [5.74, 6) is -0.757. The van der Waals surface area contributed by atoms with E-state index in [4.69, 9.17) is 4.74 Å². The number of aromatic hydroxyl groups is 1. The van der Waals surface area contributed by atoms with Gasteiger partial charge in [-0.3, -0.25) is 19.3 Å². The third-order valence-electron chi connectivity index (χ3n) is 3.92. The Balaban J connectivity index is 1.58. The molecule has 2 heterocycles. The van der Waals surface area contributed by atoms with Gasteiger partial charge in [-0.25, -0.2) is 0 Å². The fourth-order valence-corrected chi connectivity index (χ4v) is 3.43. The van der Waals surface area contributed by atoms with Gasteiger partial charge in [-0.15, -0.1) is 0 Å². The van der Waals surface area contributed by atoms with Gasteiger partial charge in [0.1, 0.15) is 12.3 Å². The Hall–Kier alpha value is -2.32. The lowest BCUT2D eigenvalue weighted by Crippen LogP contribution is -2.41. The van der Waals surface area contributed by atoms with Crippen LogP contribution in [0.5, 0.6) is 5.75 Å². The summed E-state index contributed by atoms with van der Waals surface area (Å²) in [6.45, 7) is 0.786. The summed E-state index contributed by atoms with van der Waals surface area (Å²) in [5, 5.41) is 11.5. The van der Waals surface area contributed by atoms with Gasteiger partial charge in [-0.2, -0.15) is 0 Å². The molecule has 8 heteroatoms. The number of phenolic OH excluding ortho intramolecular Hbond substituents is 1. The van der Waals surface area contributed by atoms with Gasteiger partial charge in [0.2, 0.25) is 5.91 Å². The number of rotatable bonds is 5. The van der Waals surface area contributed by atoms with Crippen molar-refractivity contribution < 1.29 is 24.2 Å². The van der Waals surface area contributed by atoms with E-state index < -0.39 is 11.1 Å². The summed E-state index contributed by atoms with van der Waals surface area (Å²) >= 11 is 0.798. The van der Waals surface area contributed by atoms with Gasteiger partial charge in [0.25, 0.3) is 11.1 Å². The minimum absolute atomic E-state index is 0.00765. The summed E-state index contributed by atoms with van der Waals surface area (Å²) in [4.78, 5) is 37.5. The molecule has 0 bridgehead atoms. The second kappa shape index (κ2) is 7.71. The normalized spacial score (nSPS) is 22.0. The number of nitrogens with one attached hydrogen (secondary N) is 1. The number of imide groups is 1. The lowest BCUT2D eigenvalue weighted by Gasteiger charge is -2.14. The van der Waals surface area contributed by atoms with Crippen LogP contribution in [0.15, 0.2) is 29.2 Å². The first kappa shape index (κ1) is 17.5. The largest absolute Gasteiger partial charge is 0.508 e. The van der Waals surface area contributed by atoms with Crippen LogP contribution in [-0.4, -0.2) is 52.9 Å². The highest BCUT2D eigenvalue weighted by atomic mass is 32.2. The van der Waals surface area contributed by atoms with Crippen LogP contribution in [-0.2, 0) is 14.3 Å². The average molecular weight is 362 g/mol. The van der Waals surface area contributed by atoms with Crippen molar-refractivity contribution in [3.63, 3.8) is 0 Å². The molecule has 0 aromatic heterocycles. The number of hydrogen-bond acceptors (Lipinski definition) is 6. The smallest absolute Gasteiger partial charge is 0.294 e. The Bertz CT molecular complexity index is 710. The fourth-order valence-electron chi connectivity index (χ4n) is 2.59. The molecule has 0 spiro atoms. The molecule has 2 aliphatic heterocycles. The molecule has 3 rings (SSSR count). The third kappa shape index (κ3) is 4.40. The van der Waals surface area contributed by atoms with E-state index in [1.165, 1.54) is 12.1 Å². The van der Waals surface area contributed by atoms with Crippen LogP contribution in [0.25, 0.3) is 6.08 Å². The maximum Gasteiger partial charge on any atom is 0.294 e. The molecule has 7 nitrogen and oxygen atoms in total. The standard InChI is InChI=1S/C17H18N2O5S/c20-12-5-3-11(4-6-12)8-14-16(22)19(17(23)25-14)10-15(21)18-9-13-2-1-7-24-13/h3-6,8,13,20H,1-2,7,9-10H2,(H,18,21)/b14-8-/t13-/m0/s1. The van der Waals surface area contributed by atoms with E-state index >= 15 is 0 Å². The Kier molecular flexibility index (Phi) is 5.40. The summed E-state index contributed by atoms with van der Waals surface area (Å²) in [6.07, 6.45) is 3.45. The molecule has 132 valence electrons. The minimum Gasteiger partial charge on any atom is -0.508 e. The first-order chi connectivity index (χ1) is 12.0. The molecule has 0 radical (unpaired) electrons. The molecule has 2 saturated heterocycles. The predicted octanol–water partition coefficient (Wildman–Crippen LogP) is 1.72. The van der Waals surface area contributed by atoms with Crippen LogP contribution in [0.2, 0.25) is 0 Å². The van der Waals surface area contributed by atoms with Crippen molar-refractivity contribution in [1.29, 1.82) is 0 Å². The maximum absolute atomic E-state index is 12.3. The van der Waals surface area contributed by atoms with Gasteiger partial charge < -0.3 is 15.2 Å². The van der Waals surface area contributed by atoms with Crippen molar-refractivity contribution in [3.8, 4) is 5.75 Å². The molecule has 1 aromatic rings. The Morgan fingerprint density at radius 1 is 1.36 bits per heavy atom. The van der Waals surface area contributed by atoms with E-state index in [-0.39, 0.29) is 29.2 Å². The number of amides is 3. The quantitative estimate of drug-likeness (QED) is 0.775. The van der Waals surface area contributed by atoms with Gasteiger partial charge in [-0.1, -0.05) is 12.1 Å². The molecule has 1 aromatic carbocycles. The zero-order valence-electron chi connectivity index (χ0n) is 13.4. The van der Waals surface area contributed by atoms with E-state index in [1.807, 2.05) is 0 Å². The van der Waals surface area contributed by atoms with E-state index in [0.717, 1.165) is 29.5 Å². The number of benzene rings is 1. The first-order valence-electron chi connectivity index (χ1n) is 7.95. The summed E-state index contributed by atoms with van der Waals surface area (Å²) in [7, 11) is 0. The number of carbonyl (C=O) groups is 3. The van der Waals surface area contributed by atoms with Crippen molar-refractivity contribution in [3.05, 3.63) is 34.7 Å². The second-order valence-electron chi connectivity index (χ2n) is 5.80. The molecular formula is C17H18N2O5S. The van der Waals surface area contributed by atoms with Crippen molar-refractivity contribution in [2.24, 2.45) is 0 Å². The number of hydrogen-bond donors (Lipinski definition) is 2.